The molecule has 2 aliphatic rings. The molecule has 4 nitrogen and oxygen atoms in total. The van der Waals surface area contributed by atoms with Gasteiger partial charge in [0.2, 0.25) is 0 Å². The third-order valence-corrected chi connectivity index (χ3v) is 5.18. The van der Waals surface area contributed by atoms with Crippen molar-refractivity contribution in [1.29, 1.82) is 0 Å². The van der Waals surface area contributed by atoms with Crippen LogP contribution in [0.1, 0.15) is 60.5 Å². The van der Waals surface area contributed by atoms with Crippen LogP contribution in [0.25, 0.3) is 0 Å². The van der Waals surface area contributed by atoms with Gasteiger partial charge in [0.15, 0.2) is 12.4 Å². The average Bonchev–Trinajstić information content (AvgIpc) is 2.83. The summed E-state index contributed by atoms with van der Waals surface area (Å²) in [5.74, 6) is 1.65. The Morgan fingerprint density at radius 2 is 1.96 bits per heavy atom. The number of piperidine rings is 1. The van der Waals surface area contributed by atoms with Gasteiger partial charge in [0.25, 0.3) is 5.91 Å². The predicted molar refractivity (Wildman–Crippen MR) is 89.0 cm³/mol. The second-order valence-electron chi connectivity index (χ2n) is 7.05. The number of ketones is 1. The molecule has 0 radical (unpaired) electrons. The summed E-state index contributed by atoms with van der Waals surface area (Å²) in [5.41, 5.74) is 2.91. The summed E-state index contributed by atoms with van der Waals surface area (Å²) >= 11 is 0. The van der Waals surface area contributed by atoms with E-state index in [2.05, 4.69) is 13.8 Å². The summed E-state index contributed by atoms with van der Waals surface area (Å²) in [6.07, 6.45) is 2.65. The molecule has 0 N–H and O–H groups in total. The SMILES string of the molecule is Cc1ccc(OCC(=O)N2CCC(C)CC2)c2c1[C@H](C)CC2=O. The van der Waals surface area contributed by atoms with Crippen molar-refractivity contribution in [1.82, 2.24) is 4.90 Å². The quantitative estimate of drug-likeness (QED) is 0.859. The number of hydrogen-bond acceptors (Lipinski definition) is 3. The van der Waals surface area contributed by atoms with E-state index in [1.54, 1.807) is 0 Å². The van der Waals surface area contributed by atoms with Gasteiger partial charge in [-0.2, -0.15) is 0 Å². The van der Waals surface area contributed by atoms with Crippen LogP contribution in [0.3, 0.4) is 0 Å². The van der Waals surface area contributed by atoms with Crippen LogP contribution < -0.4 is 4.74 Å². The van der Waals surface area contributed by atoms with Crippen molar-refractivity contribution in [2.75, 3.05) is 19.7 Å². The molecule has 0 unspecified atom stereocenters. The fourth-order valence-electron chi connectivity index (χ4n) is 3.72. The smallest absolute Gasteiger partial charge is 0.260 e. The zero-order valence-electron chi connectivity index (χ0n) is 14.2. The number of nitrogens with zero attached hydrogens (tertiary/aromatic N) is 1. The fourth-order valence-corrected chi connectivity index (χ4v) is 3.72. The molecular formula is C19H25NO3. The van der Waals surface area contributed by atoms with Gasteiger partial charge in [-0.15, -0.1) is 0 Å². The summed E-state index contributed by atoms with van der Waals surface area (Å²) < 4.78 is 5.75. The number of amides is 1. The summed E-state index contributed by atoms with van der Waals surface area (Å²) in [6.45, 7) is 7.96. The summed E-state index contributed by atoms with van der Waals surface area (Å²) in [4.78, 5) is 26.4. The molecule has 1 saturated heterocycles. The van der Waals surface area contributed by atoms with Gasteiger partial charge in [-0.3, -0.25) is 9.59 Å². The number of ether oxygens (including phenoxy) is 1. The molecule has 1 amide bonds. The van der Waals surface area contributed by atoms with Crippen molar-refractivity contribution >= 4 is 11.7 Å². The largest absolute Gasteiger partial charge is 0.483 e. The molecule has 4 heteroatoms. The number of carbonyl (C=O) groups is 2. The lowest BCUT2D eigenvalue weighted by molar-refractivity contribution is -0.134. The third-order valence-electron chi connectivity index (χ3n) is 5.18. The van der Waals surface area contributed by atoms with E-state index in [0.717, 1.165) is 37.1 Å². The van der Waals surface area contributed by atoms with Gasteiger partial charge in [-0.1, -0.05) is 19.9 Å². The van der Waals surface area contributed by atoms with Gasteiger partial charge >= 0.3 is 0 Å². The molecule has 1 aliphatic heterocycles. The van der Waals surface area contributed by atoms with E-state index in [9.17, 15) is 9.59 Å². The maximum atomic E-state index is 12.3. The highest BCUT2D eigenvalue weighted by Gasteiger charge is 2.31. The molecule has 1 fully saturated rings. The Hall–Kier alpha value is -1.84. The number of fused-ring (bicyclic) bond motifs is 1. The Kier molecular flexibility index (Phi) is 4.42. The minimum Gasteiger partial charge on any atom is -0.483 e. The second-order valence-corrected chi connectivity index (χ2v) is 7.05. The average molecular weight is 315 g/mol. The van der Waals surface area contributed by atoms with Crippen molar-refractivity contribution in [3.63, 3.8) is 0 Å². The Balaban J connectivity index is 1.70. The van der Waals surface area contributed by atoms with Gasteiger partial charge in [0.05, 0.1) is 5.56 Å². The molecule has 23 heavy (non-hydrogen) atoms. The lowest BCUT2D eigenvalue weighted by Crippen LogP contribution is -2.40. The number of Topliss-reactive ketones (excluding diaryl/α,β-unsaturated/α-hetero) is 1. The molecule has 0 aromatic heterocycles. The van der Waals surface area contributed by atoms with Crippen LogP contribution in [0.15, 0.2) is 12.1 Å². The van der Waals surface area contributed by atoms with Gasteiger partial charge in [-0.25, -0.2) is 0 Å². The Bertz CT molecular complexity index is 630. The lowest BCUT2D eigenvalue weighted by Gasteiger charge is -2.30. The highest BCUT2D eigenvalue weighted by molar-refractivity contribution is 6.04. The van der Waals surface area contributed by atoms with Crippen molar-refractivity contribution in [2.24, 2.45) is 5.92 Å². The van der Waals surface area contributed by atoms with Crippen molar-refractivity contribution in [3.05, 3.63) is 28.8 Å². The van der Waals surface area contributed by atoms with Crippen LogP contribution in [0.4, 0.5) is 0 Å². The monoisotopic (exact) mass is 315 g/mol. The molecule has 1 aromatic rings. The van der Waals surface area contributed by atoms with Crippen LogP contribution in [0.5, 0.6) is 5.75 Å². The first-order chi connectivity index (χ1) is 11.0. The van der Waals surface area contributed by atoms with E-state index in [4.69, 9.17) is 4.74 Å². The molecule has 1 aromatic carbocycles. The molecule has 3 rings (SSSR count). The summed E-state index contributed by atoms with van der Waals surface area (Å²) in [5, 5.41) is 0. The standard InChI is InChI=1S/C19H25NO3/c1-12-6-8-20(9-7-12)17(22)11-23-16-5-4-13(2)18-14(3)10-15(21)19(16)18/h4-5,12,14H,6-11H2,1-3H3/t14-/m1/s1. The molecule has 0 saturated carbocycles. The number of carbonyl (C=O) groups excluding carboxylic acids is 2. The Morgan fingerprint density at radius 1 is 1.26 bits per heavy atom. The van der Waals surface area contributed by atoms with E-state index in [0.29, 0.717) is 23.7 Å². The molecule has 1 heterocycles. The molecule has 1 aliphatic carbocycles. The maximum Gasteiger partial charge on any atom is 0.260 e. The van der Waals surface area contributed by atoms with E-state index in [1.807, 2.05) is 24.0 Å². The number of likely N-dealkylation sites (tertiary alicyclic amines) is 1. The van der Waals surface area contributed by atoms with Crippen molar-refractivity contribution in [2.45, 2.75) is 46.0 Å². The minimum absolute atomic E-state index is 0.0183. The number of hydrogen-bond donors (Lipinski definition) is 0. The van der Waals surface area contributed by atoms with Crippen molar-refractivity contribution < 1.29 is 14.3 Å². The van der Waals surface area contributed by atoms with Gasteiger partial charge in [-0.05, 0) is 48.8 Å². The van der Waals surface area contributed by atoms with E-state index < -0.39 is 0 Å². The summed E-state index contributed by atoms with van der Waals surface area (Å²) in [7, 11) is 0. The van der Waals surface area contributed by atoms with Crippen LogP contribution in [-0.4, -0.2) is 36.3 Å². The Morgan fingerprint density at radius 3 is 2.65 bits per heavy atom. The molecular weight excluding hydrogens is 290 g/mol. The van der Waals surface area contributed by atoms with Crippen LogP contribution >= 0.6 is 0 Å². The van der Waals surface area contributed by atoms with E-state index >= 15 is 0 Å². The molecule has 1 atom stereocenters. The molecule has 0 spiro atoms. The number of benzene rings is 1. The van der Waals surface area contributed by atoms with E-state index in [1.165, 1.54) is 0 Å². The normalized spacial score (nSPS) is 21.4. The lowest BCUT2D eigenvalue weighted by atomic mass is 9.97. The van der Waals surface area contributed by atoms with Crippen LogP contribution in [0.2, 0.25) is 0 Å². The van der Waals surface area contributed by atoms with Crippen molar-refractivity contribution in [3.8, 4) is 5.75 Å². The number of aryl methyl sites for hydroxylation is 1. The van der Waals surface area contributed by atoms with E-state index in [-0.39, 0.29) is 24.2 Å². The minimum atomic E-state index is 0.0183. The third kappa shape index (κ3) is 3.12. The van der Waals surface area contributed by atoms with Gasteiger partial charge in [0, 0.05) is 19.5 Å². The van der Waals surface area contributed by atoms with Gasteiger partial charge in [0.1, 0.15) is 5.75 Å². The van der Waals surface area contributed by atoms with Gasteiger partial charge < -0.3 is 9.64 Å². The number of rotatable bonds is 3. The zero-order chi connectivity index (χ0) is 16.6. The first-order valence-corrected chi connectivity index (χ1v) is 8.54. The first-order valence-electron chi connectivity index (χ1n) is 8.54. The first kappa shape index (κ1) is 16.0. The predicted octanol–water partition coefficient (Wildman–Crippen LogP) is 3.32. The van der Waals surface area contributed by atoms with Crippen LogP contribution in [-0.2, 0) is 4.79 Å². The highest BCUT2D eigenvalue weighted by Crippen LogP contribution is 2.40. The maximum absolute atomic E-state index is 12.3. The zero-order valence-corrected chi connectivity index (χ0v) is 14.2. The molecule has 124 valence electrons. The fraction of sp³-hybridized carbons (Fsp3) is 0.579. The Labute approximate surface area is 137 Å². The van der Waals surface area contributed by atoms with Crippen LogP contribution in [0, 0.1) is 12.8 Å². The second kappa shape index (κ2) is 6.34. The molecule has 0 bridgehead atoms. The topological polar surface area (TPSA) is 46.6 Å². The highest BCUT2D eigenvalue weighted by atomic mass is 16.5. The summed E-state index contributed by atoms with van der Waals surface area (Å²) in [6, 6.07) is 3.81.